The zero-order valence-corrected chi connectivity index (χ0v) is 15.0. The van der Waals surface area contributed by atoms with E-state index in [1.165, 1.54) is 19.3 Å². The summed E-state index contributed by atoms with van der Waals surface area (Å²) in [5.74, 6) is 1.57. The highest BCUT2D eigenvalue weighted by molar-refractivity contribution is 7.18. The van der Waals surface area contributed by atoms with Crippen molar-refractivity contribution in [3.63, 3.8) is 0 Å². The molecular weight excluding hydrogens is 322 g/mol. The van der Waals surface area contributed by atoms with Crippen LogP contribution in [0.1, 0.15) is 54.8 Å². The van der Waals surface area contributed by atoms with Crippen molar-refractivity contribution in [2.45, 2.75) is 51.9 Å². The van der Waals surface area contributed by atoms with Crippen molar-refractivity contribution in [1.82, 2.24) is 14.9 Å². The second-order valence-corrected chi connectivity index (χ2v) is 8.32. The van der Waals surface area contributed by atoms with Crippen molar-refractivity contribution in [2.75, 3.05) is 13.1 Å². The molecule has 0 bridgehead atoms. The molecule has 1 atom stereocenters. The van der Waals surface area contributed by atoms with Gasteiger partial charge in [0.2, 0.25) is 5.91 Å². The summed E-state index contributed by atoms with van der Waals surface area (Å²) < 4.78 is 0. The van der Waals surface area contributed by atoms with Gasteiger partial charge in [-0.25, -0.2) is 4.98 Å². The topological polar surface area (TPSA) is 66.1 Å². The number of hydrogen-bond acceptors (Lipinski definition) is 4. The summed E-state index contributed by atoms with van der Waals surface area (Å²) in [4.78, 5) is 36.5. The minimum absolute atomic E-state index is 0.0159. The average Bonchev–Trinajstić information content (AvgIpc) is 3.02. The third-order valence-corrected chi connectivity index (χ3v) is 6.58. The Hall–Kier alpha value is -1.69. The van der Waals surface area contributed by atoms with Gasteiger partial charge in [0.05, 0.1) is 5.39 Å². The summed E-state index contributed by atoms with van der Waals surface area (Å²) in [6.07, 6.45) is 5.08. The van der Waals surface area contributed by atoms with Gasteiger partial charge in [0.1, 0.15) is 10.7 Å². The molecule has 24 heavy (non-hydrogen) atoms. The maximum absolute atomic E-state index is 12.6. The molecule has 0 aromatic carbocycles. The van der Waals surface area contributed by atoms with E-state index in [1.54, 1.807) is 11.3 Å². The fourth-order valence-corrected chi connectivity index (χ4v) is 5.05. The molecule has 128 valence electrons. The molecule has 0 unspecified atom stereocenters. The first-order valence-electron chi connectivity index (χ1n) is 8.86. The maximum Gasteiger partial charge on any atom is 0.259 e. The molecule has 0 spiro atoms. The smallest absolute Gasteiger partial charge is 0.259 e. The summed E-state index contributed by atoms with van der Waals surface area (Å²) in [5, 5.41) is 0.736. The van der Waals surface area contributed by atoms with Gasteiger partial charge in [-0.05, 0) is 37.7 Å². The van der Waals surface area contributed by atoms with Crippen LogP contribution < -0.4 is 5.56 Å². The Morgan fingerprint density at radius 3 is 2.79 bits per heavy atom. The maximum atomic E-state index is 12.6. The number of fused-ring (bicyclic) bond motifs is 1. The van der Waals surface area contributed by atoms with E-state index < -0.39 is 0 Å². The van der Waals surface area contributed by atoms with E-state index in [9.17, 15) is 9.59 Å². The number of aryl methyl sites for hydroxylation is 2. The molecule has 1 saturated heterocycles. The number of H-pyrrole nitrogens is 1. The molecule has 4 rings (SSSR count). The van der Waals surface area contributed by atoms with Gasteiger partial charge in [-0.15, -0.1) is 11.3 Å². The molecule has 1 N–H and O–H groups in total. The zero-order valence-electron chi connectivity index (χ0n) is 14.2. The first kappa shape index (κ1) is 15.8. The van der Waals surface area contributed by atoms with Gasteiger partial charge in [-0.3, -0.25) is 9.59 Å². The van der Waals surface area contributed by atoms with Crippen LogP contribution in [0.5, 0.6) is 0 Å². The Morgan fingerprint density at radius 2 is 2.12 bits per heavy atom. The second-order valence-electron chi connectivity index (χ2n) is 7.12. The molecular formula is C18H23N3O2S. The van der Waals surface area contributed by atoms with Gasteiger partial charge in [0.25, 0.3) is 5.56 Å². The number of carbonyl (C=O) groups excluding carboxylic acids is 1. The first-order chi connectivity index (χ1) is 11.6. The number of thiophene rings is 1. The van der Waals surface area contributed by atoms with Crippen LogP contribution in [0.4, 0.5) is 0 Å². The van der Waals surface area contributed by atoms with E-state index >= 15 is 0 Å². The lowest BCUT2D eigenvalue weighted by Crippen LogP contribution is -2.33. The van der Waals surface area contributed by atoms with E-state index in [2.05, 4.69) is 11.9 Å². The zero-order chi connectivity index (χ0) is 16.8. The van der Waals surface area contributed by atoms with Crippen LogP contribution in [0.25, 0.3) is 10.2 Å². The first-order valence-corrected chi connectivity index (χ1v) is 9.68. The Labute approximate surface area is 145 Å². The average molecular weight is 345 g/mol. The standard InChI is InChI=1S/C18H23N3O2S/c1-3-13-10(2)24-18-15(13)17(23)19-16(20-18)12-7-14(22)21(9-12)8-11-5-4-6-11/h11-12H,3-9H2,1-2H3,(H,19,20,23)/t12-/m0/s1. The predicted molar refractivity (Wildman–Crippen MR) is 95.6 cm³/mol. The number of nitrogens with one attached hydrogen (secondary N) is 1. The van der Waals surface area contributed by atoms with Crippen molar-refractivity contribution in [3.8, 4) is 0 Å². The lowest BCUT2D eigenvalue weighted by molar-refractivity contribution is -0.128. The number of nitrogens with zero attached hydrogens (tertiary/aromatic N) is 2. The number of amides is 1. The van der Waals surface area contributed by atoms with Crippen LogP contribution in [-0.2, 0) is 11.2 Å². The molecule has 6 heteroatoms. The summed E-state index contributed by atoms with van der Waals surface area (Å²) in [5.41, 5.74) is 1.05. The van der Waals surface area contributed by atoms with Crippen LogP contribution in [0.2, 0.25) is 0 Å². The van der Waals surface area contributed by atoms with E-state index in [-0.39, 0.29) is 17.4 Å². The number of hydrogen-bond donors (Lipinski definition) is 1. The molecule has 3 heterocycles. The quantitative estimate of drug-likeness (QED) is 0.926. The van der Waals surface area contributed by atoms with E-state index in [4.69, 9.17) is 4.98 Å². The van der Waals surface area contributed by atoms with Crippen molar-refractivity contribution in [2.24, 2.45) is 5.92 Å². The van der Waals surface area contributed by atoms with Crippen molar-refractivity contribution < 1.29 is 4.79 Å². The summed E-state index contributed by atoms with van der Waals surface area (Å²) in [6.45, 7) is 5.67. The Balaban J connectivity index is 1.62. The van der Waals surface area contributed by atoms with Crippen molar-refractivity contribution >= 4 is 27.5 Å². The molecule has 0 radical (unpaired) electrons. The third-order valence-electron chi connectivity index (χ3n) is 5.54. The molecule has 5 nitrogen and oxygen atoms in total. The summed E-state index contributed by atoms with van der Waals surface area (Å²) in [6, 6.07) is 0. The SMILES string of the molecule is CCc1c(C)sc2nc([C@H]3CC(=O)N(CC4CCC4)C3)[nH]c(=O)c12. The minimum Gasteiger partial charge on any atom is -0.342 e. The monoisotopic (exact) mass is 345 g/mol. The summed E-state index contributed by atoms with van der Waals surface area (Å²) >= 11 is 1.59. The fraction of sp³-hybridized carbons (Fsp3) is 0.611. The Kier molecular flexibility index (Phi) is 3.95. The fourth-order valence-electron chi connectivity index (χ4n) is 3.93. The highest BCUT2D eigenvalue weighted by atomic mass is 32.1. The van der Waals surface area contributed by atoms with Crippen LogP contribution in [0.3, 0.4) is 0 Å². The molecule has 1 amide bonds. The van der Waals surface area contributed by atoms with E-state index in [0.29, 0.717) is 24.7 Å². The minimum atomic E-state index is -0.0545. The highest BCUT2D eigenvalue weighted by Gasteiger charge is 2.34. The number of aromatic nitrogens is 2. The predicted octanol–water partition coefficient (Wildman–Crippen LogP) is 2.97. The van der Waals surface area contributed by atoms with Crippen LogP contribution in [-0.4, -0.2) is 33.9 Å². The van der Waals surface area contributed by atoms with Crippen molar-refractivity contribution in [3.05, 3.63) is 26.6 Å². The summed E-state index contributed by atoms with van der Waals surface area (Å²) in [7, 11) is 0. The molecule has 1 aliphatic carbocycles. The van der Waals surface area contributed by atoms with Crippen LogP contribution in [0.15, 0.2) is 4.79 Å². The molecule has 2 fully saturated rings. The molecule has 1 aliphatic heterocycles. The second kappa shape index (κ2) is 5.99. The lowest BCUT2D eigenvalue weighted by Gasteiger charge is -2.30. The van der Waals surface area contributed by atoms with Crippen LogP contribution in [0, 0.1) is 12.8 Å². The lowest BCUT2D eigenvalue weighted by atomic mass is 9.85. The highest BCUT2D eigenvalue weighted by Crippen LogP contribution is 2.33. The molecule has 2 aliphatic rings. The van der Waals surface area contributed by atoms with Gasteiger partial charge in [-0.2, -0.15) is 0 Å². The van der Waals surface area contributed by atoms with Gasteiger partial charge < -0.3 is 9.88 Å². The van der Waals surface area contributed by atoms with E-state index in [0.717, 1.165) is 33.6 Å². The molecule has 1 saturated carbocycles. The van der Waals surface area contributed by atoms with Gasteiger partial charge in [0.15, 0.2) is 0 Å². The van der Waals surface area contributed by atoms with Crippen molar-refractivity contribution in [1.29, 1.82) is 0 Å². The Morgan fingerprint density at radius 1 is 1.33 bits per heavy atom. The molecule has 2 aromatic rings. The van der Waals surface area contributed by atoms with Gasteiger partial charge in [0, 0.05) is 30.3 Å². The largest absolute Gasteiger partial charge is 0.342 e. The third kappa shape index (κ3) is 2.57. The van der Waals surface area contributed by atoms with Gasteiger partial charge in [-0.1, -0.05) is 13.3 Å². The number of likely N-dealkylation sites (tertiary alicyclic amines) is 1. The number of aromatic amines is 1. The number of carbonyl (C=O) groups is 1. The number of rotatable bonds is 4. The normalized spacial score (nSPS) is 21.7. The Bertz CT molecular complexity index is 850. The van der Waals surface area contributed by atoms with E-state index in [1.807, 2.05) is 11.8 Å². The molecule has 2 aromatic heterocycles. The van der Waals surface area contributed by atoms with Gasteiger partial charge >= 0.3 is 0 Å². The van der Waals surface area contributed by atoms with Crippen LogP contribution >= 0.6 is 11.3 Å².